The van der Waals surface area contributed by atoms with Gasteiger partial charge in [0.25, 0.3) is 5.91 Å². The van der Waals surface area contributed by atoms with Crippen molar-refractivity contribution in [1.29, 1.82) is 0 Å². The van der Waals surface area contributed by atoms with Crippen LogP contribution >= 0.6 is 23.2 Å². The van der Waals surface area contributed by atoms with E-state index in [-0.39, 0.29) is 11.9 Å². The van der Waals surface area contributed by atoms with Crippen LogP contribution in [0.1, 0.15) is 23.2 Å². The Morgan fingerprint density at radius 1 is 1.08 bits per heavy atom. The standard InChI is InChI=1S/C20H20Cl2N2O2/c21-16-2-1-3-18(19(16)22)26-14-7-4-12(5-8-14)20(25)24-10-13-6-9-17(23)15(13)11-24/h1-5,7-8,13,15,17H,6,9-11,23H2. The minimum atomic E-state index is 0.0546. The maximum atomic E-state index is 12.8. The number of carbonyl (C=O) groups is 1. The third-order valence-electron chi connectivity index (χ3n) is 5.44. The van der Waals surface area contributed by atoms with E-state index < -0.39 is 0 Å². The number of fused-ring (bicyclic) bond motifs is 1. The smallest absolute Gasteiger partial charge is 0.253 e. The lowest BCUT2D eigenvalue weighted by Gasteiger charge is -2.19. The summed E-state index contributed by atoms with van der Waals surface area (Å²) in [4.78, 5) is 14.7. The first-order chi connectivity index (χ1) is 12.5. The first-order valence-corrected chi connectivity index (χ1v) is 9.55. The largest absolute Gasteiger partial charge is 0.456 e. The number of likely N-dealkylation sites (tertiary alicyclic amines) is 1. The number of carbonyl (C=O) groups excluding carboxylic acids is 1. The zero-order valence-electron chi connectivity index (χ0n) is 14.2. The Labute approximate surface area is 162 Å². The third-order valence-corrected chi connectivity index (χ3v) is 6.25. The Morgan fingerprint density at radius 2 is 1.85 bits per heavy atom. The summed E-state index contributed by atoms with van der Waals surface area (Å²) in [6.07, 6.45) is 2.21. The van der Waals surface area contributed by atoms with Crippen molar-refractivity contribution in [3.05, 3.63) is 58.1 Å². The summed E-state index contributed by atoms with van der Waals surface area (Å²) >= 11 is 12.1. The van der Waals surface area contributed by atoms with Crippen LogP contribution in [0.5, 0.6) is 11.5 Å². The van der Waals surface area contributed by atoms with Gasteiger partial charge in [-0.2, -0.15) is 0 Å². The van der Waals surface area contributed by atoms with Crippen LogP contribution in [0.15, 0.2) is 42.5 Å². The van der Waals surface area contributed by atoms with Crippen LogP contribution in [0.2, 0.25) is 10.0 Å². The number of amides is 1. The molecule has 3 unspecified atom stereocenters. The molecule has 2 aromatic carbocycles. The van der Waals surface area contributed by atoms with E-state index in [1.807, 2.05) is 4.90 Å². The summed E-state index contributed by atoms with van der Waals surface area (Å²) in [5.74, 6) is 2.15. The number of benzene rings is 2. The van der Waals surface area contributed by atoms with Crippen molar-refractivity contribution in [3.8, 4) is 11.5 Å². The number of nitrogens with zero attached hydrogens (tertiary/aromatic N) is 1. The van der Waals surface area contributed by atoms with Gasteiger partial charge in [0.05, 0.1) is 5.02 Å². The Morgan fingerprint density at radius 3 is 2.58 bits per heavy atom. The minimum absolute atomic E-state index is 0.0546. The highest BCUT2D eigenvalue weighted by atomic mass is 35.5. The zero-order valence-corrected chi connectivity index (χ0v) is 15.7. The first-order valence-electron chi connectivity index (χ1n) is 8.79. The Kier molecular flexibility index (Phi) is 4.82. The average Bonchev–Trinajstić information content (AvgIpc) is 3.21. The fourth-order valence-electron chi connectivity index (χ4n) is 4.01. The van der Waals surface area contributed by atoms with Gasteiger partial charge in [-0.25, -0.2) is 0 Å². The van der Waals surface area contributed by atoms with E-state index in [0.29, 0.717) is 38.9 Å². The molecule has 1 saturated carbocycles. The van der Waals surface area contributed by atoms with Crippen molar-refractivity contribution < 1.29 is 9.53 Å². The maximum absolute atomic E-state index is 12.8. The van der Waals surface area contributed by atoms with Crippen molar-refractivity contribution in [3.63, 3.8) is 0 Å². The summed E-state index contributed by atoms with van der Waals surface area (Å²) < 4.78 is 5.77. The Balaban J connectivity index is 1.44. The van der Waals surface area contributed by atoms with Gasteiger partial charge in [0.15, 0.2) is 0 Å². The van der Waals surface area contributed by atoms with Crippen LogP contribution in [0, 0.1) is 11.8 Å². The van der Waals surface area contributed by atoms with Gasteiger partial charge in [-0.3, -0.25) is 4.79 Å². The quantitative estimate of drug-likeness (QED) is 0.833. The molecule has 1 amide bonds. The molecule has 4 nitrogen and oxygen atoms in total. The second kappa shape index (κ2) is 7.10. The van der Waals surface area contributed by atoms with Crippen LogP contribution in [0.4, 0.5) is 0 Å². The molecule has 26 heavy (non-hydrogen) atoms. The second-order valence-corrected chi connectivity index (χ2v) is 7.84. The average molecular weight is 391 g/mol. The molecular formula is C20H20Cl2N2O2. The van der Waals surface area contributed by atoms with Crippen LogP contribution in [-0.4, -0.2) is 29.9 Å². The van der Waals surface area contributed by atoms with E-state index in [2.05, 4.69) is 0 Å². The van der Waals surface area contributed by atoms with Gasteiger partial charge in [-0.15, -0.1) is 0 Å². The van der Waals surface area contributed by atoms with Crippen molar-refractivity contribution in [2.75, 3.05) is 13.1 Å². The number of ether oxygens (including phenoxy) is 1. The van der Waals surface area contributed by atoms with Crippen molar-refractivity contribution in [1.82, 2.24) is 4.90 Å². The molecule has 0 bridgehead atoms. The van der Waals surface area contributed by atoms with E-state index in [4.69, 9.17) is 33.7 Å². The van der Waals surface area contributed by atoms with Gasteiger partial charge in [0.1, 0.15) is 16.5 Å². The molecule has 136 valence electrons. The highest BCUT2D eigenvalue weighted by Gasteiger charge is 2.42. The van der Waals surface area contributed by atoms with Gasteiger partial charge in [-0.05, 0) is 61.1 Å². The maximum Gasteiger partial charge on any atom is 0.253 e. The van der Waals surface area contributed by atoms with Gasteiger partial charge in [-0.1, -0.05) is 29.3 Å². The normalized spacial score (nSPS) is 24.6. The molecule has 0 radical (unpaired) electrons. The summed E-state index contributed by atoms with van der Waals surface area (Å²) in [6, 6.07) is 12.6. The molecule has 1 aliphatic carbocycles. The molecule has 0 aromatic heterocycles. The minimum Gasteiger partial charge on any atom is -0.456 e. The summed E-state index contributed by atoms with van der Waals surface area (Å²) in [5, 5.41) is 0.808. The number of halogens is 2. The molecule has 4 rings (SSSR count). The van der Waals surface area contributed by atoms with E-state index in [1.165, 1.54) is 0 Å². The van der Waals surface area contributed by atoms with Crippen LogP contribution in [-0.2, 0) is 0 Å². The molecule has 1 saturated heterocycles. The van der Waals surface area contributed by atoms with Crippen LogP contribution in [0.25, 0.3) is 0 Å². The molecule has 2 fully saturated rings. The predicted molar refractivity (Wildman–Crippen MR) is 103 cm³/mol. The Hall–Kier alpha value is -1.75. The van der Waals surface area contributed by atoms with Gasteiger partial charge in [0, 0.05) is 24.7 Å². The monoisotopic (exact) mass is 390 g/mol. The molecule has 3 atom stereocenters. The number of nitrogens with two attached hydrogens (primary N) is 1. The molecule has 1 heterocycles. The molecule has 2 aliphatic rings. The second-order valence-electron chi connectivity index (χ2n) is 7.05. The van der Waals surface area contributed by atoms with Crippen LogP contribution < -0.4 is 10.5 Å². The zero-order chi connectivity index (χ0) is 18.3. The van der Waals surface area contributed by atoms with E-state index in [9.17, 15) is 4.79 Å². The predicted octanol–water partition coefficient (Wildman–Crippen LogP) is 4.60. The van der Waals surface area contributed by atoms with Gasteiger partial charge in [0.2, 0.25) is 0 Å². The number of hydrogen-bond donors (Lipinski definition) is 1. The Bertz CT molecular complexity index is 825. The number of hydrogen-bond acceptors (Lipinski definition) is 3. The first kappa shape index (κ1) is 17.7. The van der Waals surface area contributed by atoms with E-state index in [1.54, 1.807) is 42.5 Å². The molecule has 2 aromatic rings. The van der Waals surface area contributed by atoms with Crippen molar-refractivity contribution >= 4 is 29.1 Å². The summed E-state index contributed by atoms with van der Waals surface area (Å²) in [7, 11) is 0. The SMILES string of the molecule is NC1CCC2CN(C(=O)c3ccc(Oc4cccc(Cl)c4Cl)cc3)CC12. The molecule has 6 heteroatoms. The van der Waals surface area contributed by atoms with Crippen molar-refractivity contribution in [2.24, 2.45) is 17.6 Å². The van der Waals surface area contributed by atoms with E-state index in [0.717, 1.165) is 25.9 Å². The van der Waals surface area contributed by atoms with Crippen LogP contribution in [0.3, 0.4) is 0 Å². The highest BCUT2D eigenvalue weighted by Crippen LogP contribution is 2.38. The fraction of sp³-hybridized carbons (Fsp3) is 0.350. The van der Waals surface area contributed by atoms with Crippen molar-refractivity contribution in [2.45, 2.75) is 18.9 Å². The molecular weight excluding hydrogens is 371 g/mol. The summed E-state index contributed by atoms with van der Waals surface area (Å²) in [6.45, 7) is 1.58. The molecule has 2 N–H and O–H groups in total. The lowest BCUT2D eigenvalue weighted by atomic mass is 9.98. The lowest BCUT2D eigenvalue weighted by Crippen LogP contribution is -2.33. The summed E-state index contributed by atoms with van der Waals surface area (Å²) in [5.41, 5.74) is 6.82. The highest BCUT2D eigenvalue weighted by molar-refractivity contribution is 6.42. The lowest BCUT2D eigenvalue weighted by molar-refractivity contribution is 0.0779. The van der Waals surface area contributed by atoms with Gasteiger partial charge < -0.3 is 15.4 Å². The van der Waals surface area contributed by atoms with Gasteiger partial charge >= 0.3 is 0 Å². The van der Waals surface area contributed by atoms with E-state index >= 15 is 0 Å². The molecule has 1 aliphatic heterocycles. The number of rotatable bonds is 3. The molecule has 0 spiro atoms. The topological polar surface area (TPSA) is 55.6 Å². The fourth-order valence-corrected chi connectivity index (χ4v) is 4.34. The third kappa shape index (κ3) is 3.29.